The molecule has 4 aromatic carbocycles. The Morgan fingerprint density at radius 2 is 0.927 bits per heavy atom. The molecule has 18 heteroatoms. The Balaban J connectivity index is 0.000000701. The van der Waals surface area contributed by atoms with Crippen LogP contribution in [0.2, 0.25) is 0 Å². The van der Waals surface area contributed by atoms with Crippen molar-refractivity contribution in [1.82, 2.24) is 0 Å². The molecule has 0 radical (unpaired) electrons. The summed E-state index contributed by atoms with van der Waals surface area (Å²) in [5, 5.41) is 0. The van der Waals surface area contributed by atoms with Crippen molar-refractivity contribution in [2.45, 2.75) is 58.1 Å². The van der Waals surface area contributed by atoms with Crippen LogP contribution >= 0.6 is 0 Å². The van der Waals surface area contributed by atoms with E-state index in [-0.39, 0.29) is 33.9 Å². The number of ether oxygens (including phenoxy) is 1. The summed E-state index contributed by atoms with van der Waals surface area (Å²) in [6, 6.07) is 16.4. The number of hydrogen-bond acceptors (Lipinski definition) is 4. The second-order valence-electron chi connectivity index (χ2n) is 12.1. The van der Waals surface area contributed by atoms with Gasteiger partial charge in [0.25, 0.3) is 0 Å². The Hall–Kier alpha value is -4.58. The topological polar surface area (TPSA) is 36.9 Å². The van der Waals surface area contributed by atoms with Crippen LogP contribution in [0.1, 0.15) is 55.5 Å². The summed E-state index contributed by atoms with van der Waals surface area (Å²) in [5.41, 5.74) is -5.07. The highest BCUT2D eigenvalue weighted by atomic mass is 19.4. The van der Waals surface area contributed by atoms with Gasteiger partial charge < -0.3 is 18.7 Å². The Bertz CT molecular complexity index is 1730. The maximum atomic E-state index is 13.9. The van der Waals surface area contributed by atoms with Crippen molar-refractivity contribution < 1.29 is 75.9 Å². The lowest BCUT2D eigenvalue weighted by molar-refractivity contribution is -0.988. The summed E-state index contributed by atoms with van der Waals surface area (Å²) in [5.74, 6) is -0.568. The van der Waals surface area contributed by atoms with E-state index in [9.17, 15) is 52.7 Å². The van der Waals surface area contributed by atoms with Crippen molar-refractivity contribution in [1.29, 1.82) is 0 Å². The smallest absolute Gasteiger partial charge is 0.490 e. The van der Waals surface area contributed by atoms with Crippen LogP contribution in [0.4, 0.5) is 52.7 Å². The summed E-state index contributed by atoms with van der Waals surface area (Å²) >= 11 is 0. The third-order valence-corrected chi connectivity index (χ3v) is 8.75. The zero-order valence-corrected chi connectivity index (χ0v) is 30.0. The van der Waals surface area contributed by atoms with Crippen LogP contribution in [0.25, 0.3) is 0 Å². The third kappa shape index (κ3) is 11.7. The number of benzene rings is 4. The normalized spacial score (nSPS) is 13.6. The molecule has 0 aliphatic rings. The quantitative estimate of drug-likeness (QED) is 0.0470. The molecule has 4 rings (SSSR count). The van der Waals surface area contributed by atoms with Crippen molar-refractivity contribution >= 4 is 7.32 Å². The number of quaternary nitrogens is 1. The van der Waals surface area contributed by atoms with Gasteiger partial charge in [-0.2, -0.15) is 83.0 Å². The van der Waals surface area contributed by atoms with E-state index in [4.69, 9.17) is 18.7 Å². The molecule has 0 aliphatic carbocycles. The van der Waals surface area contributed by atoms with Crippen molar-refractivity contribution in [2.75, 3.05) is 26.7 Å². The number of alkyl halides is 12. The Kier molecular flexibility index (Phi) is 14.2. The Labute approximate surface area is 310 Å². The van der Waals surface area contributed by atoms with Crippen molar-refractivity contribution in [3.63, 3.8) is 0 Å². The lowest BCUT2D eigenvalue weighted by Gasteiger charge is -2.48. The summed E-state index contributed by atoms with van der Waals surface area (Å²) in [6.45, 7) is 7.90. The molecular weight excluding hydrogens is 761 g/mol. The van der Waals surface area contributed by atoms with E-state index >= 15 is 0 Å². The Morgan fingerprint density at radius 3 is 1.27 bits per heavy atom. The molecule has 4 aromatic rings. The highest BCUT2D eigenvalue weighted by Gasteiger charge is 2.49. The van der Waals surface area contributed by atoms with Gasteiger partial charge in [0, 0.05) is 6.92 Å². The van der Waals surface area contributed by atoms with Gasteiger partial charge in [-0.1, -0.05) is 5.56 Å². The molecule has 0 saturated heterocycles. The molecule has 0 aliphatic heterocycles. The maximum absolute atomic E-state index is 13.9. The van der Waals surface area contributed by atoms with Crippen LogP contribution in [0.5, 0.6) is 17.2 Å². The van der Waals surface area contributed by atoms with Crippen LogP contribution in [0.15, 0.2) is 91.0 Å². The van der Waals surface area contributed by atoms with Crippen LogP contribution in [-0.2, 0) is 35.2 Å². The first-order valence-electron chi connectivity index (χ1n) is 16.5. The summed E-state index contributed by atoms with van der Waals surface area (Å²) < 4.78 is 179. The number of hydrogen-bond donors (Lipinski definition) is 0. The highest BCUT2D eigenvalue weighted by Crippen LogP contribution is 2.43. The van der Waals surface area contributed by atoms with Crippen molar-refractivity contribution in [3.05, 3.63) is 125 Å². The van der Waals surface area contributed by atoms with Gasteiger partial charge in [0.1, 0.15) is 17.2 Å². The fourth-order valence-corrected chi connectivity index (χ4v) is 5.22. The maximum Gasteiger partial charge on any atom is 0.864 e. The molecule has 1 unspecified atom stereocenters. The highest BCUT2D eigenvalue weighted by molar-refractivity contribution is 6.39. The molecule has 300 valence electrons. The molecule has 0 heterocycles. The first kappa shape index (κ1) is 44.8. The van der Waals surface area contributed by atoms with E-state index in [2.05, 4.69) is 6.07 Å². The van der Waals surface area contributed by atoms with E-state index < -0.39 is 60.0 Å². The largest absolute Gasteiger partial charge is 0.864 e. The van der Waals surface area contributed by atoms with Gasteiger partial charge in [-0.15, -0.1) is 0 Å². The molecule has 0 N–H and O–H groups in total. The molecule has 0 spiro atoms. The Morgan fingerprint density at radius 1 is 0.545 bits per heavy atom. The SMILES string of the molecule is CCOC(C)(c1cc(C(F)(F)F)ccc1OB(Oc1ccc(C(F)(F)F)cc1)Oc1ccc(C(F)(F)F)cc1)[N+](C)(CC)CC.FC(F)(F)c1cc[c-]cc1. The molecule has 0 bridgehead atoms. The monoisotopic (exact) mass is 797 g/mol. The van der Waals surface area contributed by atoms with Gasteiger partial charge >= 0.3 is 32.0 Å². The molecular formula is C37H36BF12NO4. The molecule has 0 fully saturated rings. The second-order valence-corrected chi connectivity index (χ2v) is 12.1. The lowest BCUT2D eigenvalue weighted by atomic mass is 9.95. The predicted molar refractivity (Wildman–Crippen MR) is 178 cm³/mol. The summed E-state index contributed by atoms with van der Waals surface area (Å²) in [7, 11) is -0.101. The average Bonchev–Trinajstić information content (AvgIpc) is 3.11. The first-order valence-corrected chi connectivity index (χ1v) is 16.5. The standard InChI is InChI=1S/C30H32BF9NO4.C7H4F3/c1-6-41(5,7-2)27(4,42-8-3)25-19-22(30(38,39)40)13-18-26(25)45-31(43-23-14-9-20(10-15-23)28(32,33)34)44-24-16-11-21(12-17-24)29(35,36)37;8-7(9,10)6-4-2-1-3-5-6/h9-19H,6-8H2,1-5H3;2-5H/q+1;-1. The zero-order valence-electron chi connectivity index (χ0n) is 30.0. The van der Waals surface area contributed by atoms with Gasteiger partial charge in [-0.05, 0) is 87.5 Å². The molecule has 0 amide bonds. The van der Waals surface area contributed by atoms with Gasteiger partial charge in [0.15, 0.2) is 0 Å². The fourth-order valence-electron chi connectivity index (χ4n) is 5.22. The van der Waals surface area contributed by atoms with E-state index in [0.29, 0.717) is 13.1 Å². The van der Waals surface area contributed by atoms with Gasteiger partial charge in [-0.3, -0.25) is 4.48 Å². The minimum Gasteiger partial charge on any atom is -0.490 e. The zero-order chi connectivity index (χ0) is 41.5. The summed E-state index contributed by atoms with van der Waals surface area (Å²) in [4.78, 5) is 0. The predicted octanol–water partition coefficient (Wildman–Crippen LogP) is 11.5. The van der Waals surface area contributed by atoms with Crippen molar-refractivity contribution in [2.24, 2.45) is 0 Å². The van der Waals surface area contributed by atoms with Gasteiger partial charge in [0.2, 0.25) is 5.72 Å². The molecule has 0 aromatic heterocycles. The van der Waals surface area contributed by atoms with E-state index in [0.717, 1.165) is 78.9 Å². The number of halogens is 12. The third-order valence-electron chi connectivity index (χ3n) is 8.75. The van der Waals surface area contributed by atoms with E-state index in [1.165, 1.54) is 12.1 Å². The minimum absolute atomic E-state index is 0.0394. The van der Waals surface area contributed by atoms with Gasteiger partial charge in [-0.25, -0.2) is 0 Å². The lowest BCUT2D eigenvalue weighted by Crippen LogP contribution is -2.60. The van der Waals surface area contributed by atoms with Crippen LogP contribution in [0, 0.1) is 6.07 Å². The average molecular weight is 797 g/mol. The minimum atomic E-state index is -4.74. The second kappa shape index (κ2) is 17.5. The molecule has 1 atom stereocenters. The van der Waals surface area contributed by atoms with E-state index in [1.807, 2.05) is 13.8 Å². The van der Waals surface area contributed by atoms with Crippen LogP contribution in [-0.4, -0.2) is 38.5 Å². The van der Waals surface area contributed by atoms with E-state index in [1.54, 1.807) is 20.9 Å². The number of rotatable bonds is 12. The molecule has 55 heavy (non-hydrogen) atoms. The van der Waals surface area contributed by atoms with Crippen molar-refractivity contribution in [3.8, 4) is 17.2 Å². The number of nitrogens with zero attached hydrogens (tertiary/aromatic N) is 1. The molecule has 0 saturated carbocycles. The van der Waals surface area contributed by atoms with Crippen LogP contribution in [0.3, 0.4) is 0 Å². The van der Waals surface area contributed by atoms with Crippen LogP contribution < -0.4 is 14.0 Å². The first-order chi connectivity index (χ1) is 25.4. The fraction of sp³-hybridized carbons (Fsp3) is 0.351. The van der Waals surface area contributed by atoms with Gasteiger partial charge in [0.05, 0.1) is 49.0 Å². The molecule has 5 nitrogen and oxygen atoms in total. The summed E-state index contributed by atoms with van der Waals surface area (Å²) in [6.07, 6.45) is -18.3.